The van der Waals surface area contributed by atoms with Crippen LogP contribution in [0.2, 0.25) is 0 Å². The fourth-order valence-electron chi connectivity index (χ4n) is 6.49. The molecule has 0 bridgehead atoms. The molecule has 3 aliphatic carbocycles. The Morgan fingerprint density at radius 2 is 2.09 bits per heavy atom. The zero-order valence-corrected chi connectivity index (χ0v) is 14.4. The summed E-state index contributed by atoms with van der Waals surface area (Å²) in [6.45, 7) is 8.61. The van der Waals surface area contributed by atoms with E-state index in [4.69, 9.17) is 4.74 Å². The smallest absolute Gasteiger partial charge is 0.224 e. The van der Waals surface area contributed by atoms with Crippen LogP contribution in [0.3, 0.4) is 0 Å². The molecule has 1 amide bonds. The Balaban J connectivity index is 1.65. The first-order chi connectivity index (χ1) is 11.0. The molecule has 1 aliphatic heterocycles. The van der Waals surface area contributed by atoms with Gasteiger partial charge in [0.1, 0.15) is 6.10 Å². The largest absolute Gasteiger partial charge is 0.498 e. The summed E-state index contributed by atoms with van der Waals surface area (Å²) in [6, 6.07) is 0. The van der Waals surface area contributed by atoms with Gasteiger partial charge in [0.2, 0.25) is 5.91 Å². The zero-order valence-electron chi connectivity index (χ0n) is 14.4. The Hall–Kier alpha value is -1.25. The number of fused-ring (bicyclic) bond motifs is 5. The normalized spacial score (nSPS) is 48.4. The van der Waals surface area contributed by atoms with Gasteiger partial charge < -0.3 is 10.1 Å². The van der Waals surface area contributed by atoms with Crippen LogP contribution in [-0.2, 0) is 9.53 Å². The van der Waals surface area contributed by atoms with Crippen molar-refractivity contribution in [1.29, 1.82) is 0 Å². The second-order valence-electron chi connectivity index (χ2n) is 8.61. The minimum atomic E-state index is 0.176. The molecule has 6 atom stereocenters. The van der Waals surface area contributed by atoms with Crippen molar-refractivity contribution in [3.05, 3.63) is 24.6 Å². The molecule has 3 heteroatoms. The van der Waals surface area contributed by atoms with Gasteiger partial charge in [0.15, 0.2) is 0 Å². The van der Waals surface area contributed by atoms with Crippen LogP contribution in [0.4, 0.5) is 0 Å². The van der Waals surface area contributed by atoms with Crippen LogP contribution in [0.1, 0.15) is 58.8 Å². The third kappa shape index (κ3) is 2.04. The number of piperidine rings is 1. The maximum absolute atomic E-state index is 11.8. The topological polar surface area (TPSA) is 38.3 Å². The van der Waals surface area contributed by atoms with Gasteiger partial charge in [-0.1, -0.05) is 26.5 Å². The average Bonchev–Trinajstić information content (AvgIpc) is 2.85. The third-order valence-electron chi connectivity index (χ3n) is 7.78. The predicted octanol–water partition coefficient (Wildman–Crippen LogP) is 4.16. The first-order valence-corrected chi connectivity index (χ1v) is 9.26. The van der Waals surface area contributed by atoms with E-state index in [-0.39, 0.29) is 11.3 Å². The fraction of sp³-hybridized carbons (Fsp3) is 0.750. The number of carbonyl (C=O) groups excluding carboxylic acids is 1. The Bertz CT molecular complexity index is 568. The molecule has 0 unspecified atom stereocenters. The number of allylic oxidation sites excluding steroid dienone is 2. The molecule has 2 saturated carbocycles. The van der Waals surface area contributed by atoms with Gasteiger partial charge in [0, 0.05) is 22.9 Å². The molecule has 1 heterocycles. The molecule has 0 spiro atoms. The van der Waals surface area contributed by atoms with Crippen molar-refractivity contribution >= 4 is 5.91 Å². The molecule has 1 saturated heterocycles. The third-order valence-corrected chi connectivity index (χ3v) is 7.78. The first-order valence-electron chi connectivity index (χ1n) is 9.26. The van der Waals surface area contributed by atoms with Crippen LogP contribution < -0.4 is 5.32 Å². The molecule has 4 rings (SSSR count). The van der Waals surface area contributed by atoms with Crippen molar-refractivity contribution in [2.75, 3.05) is 0 Å². The van der Waals surface area contributed by atoms with Gasteiger partial charge >= 0.3 is 0 Å². The standard InChI is InChI=1S/C20H29NO2/c1-4-23-17-8-6-14-13-5-7-16-19(2,12-10-18(22)21-16)15(13)9-11-20(14,17)3/h4,7,13-15,17H,1,5-6,8-12H2,2-3H3,(H,21,22)/t13-,14-,15-,17-,19+,20-/m0/s1. The van der Waals surface area contributed by atoms with E-state index in [0.717, 1.165) is 24.7 Å². The van der Waals surface area contributed by atoms with E-state index in [1.165, 1.54) is 31.4 Å². The summed E-state index contributed by atoms with van der Waals surface area (Å²) >= 11 is 0. The SMILES string of the molecule is C=CO[C@H]1CC[C@H]2[C@@H]3CC=C4NC(=O)CC[C@]4(C)[C@H]3CC[C@]12C. The Kier molecular flexibility index (Phi) is 3.40. The lowest BCUT2D eigenvalue weighted by Gasteiger charge is -2.56. The van der Waals surface area contributed by atoms with Crippen molar-refractivity contribution < 1.29 is 9.53 Å². The van der Waals surface area contributed by atoms with Gasteiger partial charge in [-0.05, 0) is 56.3 Å². The molecule has 23 heavy (non-hydrogen) atoms. The van der Waals surface area contributed by atoms with Crippen LogP contribution in [0, 0.1) is 28.6 Å². The van der Waals surface area contributed by atoms with Crippen molar-refractivity contribution in [3.8, 4) is 0 Å². The monoisotopic (exact) mass is 315 g/mol. The minimum absolute atomic E-state index is 0.176. The number of hydrogen-bond donors (Lipinski definition) is 1. The highest BCUT2D eigenvalue weighted by Crippen LogP contribution is 2.64. The van der Waals surface area contributed by atoms with Gasteiger partial charge in [-0.15, -0.1) is 0 Å². The molecular weight excluding hydrogens is 286 g/mol. The highest BCUT2D eigenvalue weighted by atomic mass is 16.5. The molecule has 3 nitrogen and oxygen atoms in total. The molecule has 1 N–H and O–H groups in total. The quantitative estimate of drug-likeness (QED) is 0.777. The molecule has 0 aromatic heterocycles. The predicted molar refractivity (Wildman–Crippen MR) is 90.3 cm³/mol. The lowest BCUT2D eigenvalue weighted by Crippen LogP contribution is -2.53. The number of rotatable bonds is 2. The number of amides is 1. The molecule has 0 radical (unpaired) electrons. The van der Waals surface area contributed by atoms with Crippen molar-refractivity contribution in [1.82, 2.24) is 5.32 Å². The highest BCUT2D eigenvalue weighted by molar-refractivity contribution is 5.79. The van der Waals surface area contributed by atoms with Gasteiger partial charge in [0.25, 0.3) is 0 Å². The molecule has 3 fully saturated rings. The van der Waals surface area contributed by atoms with Crippen LogP contribution in [-0.4, -0.2) is 12.0 Å². The number of carbonyl (C=O) groups is 1. The van der Waals surface area contributed by atoms with Crippen LogP contribution in [0.15, 0.2) is 24.6 Å². The molecule has 0 aromatic rings. The Labute approximate surface area is 139 Å². The summed E-state index contributed by atoms with van der Waals surface area (Å²) in [6.07, 6.45) is 12.1. The summed E-state index contributed by atoms with van der Waals surface area (Å²) in [4.78, 5) is 11.8. The average molecular weight is 315 g/mol. The summed E-state index contributed by atoms with van der Waals surface area (Å²) in [5.74, 6) is 2.41. The van der Waals surface area contributed by atoms with Gasteiger partial charge in [-0.25, -0.2) is 0 Å². The summed E-state index contributed by atoms with van der Waals surface area (Å²) in [7, 11) is 0. The van der Waals surface area contributed by atoms with E-state index in [0.29, 0.717) is 23.9 Å². The maximum atomic E-state index is 11.8. The van der Waals surface area contributed by atoms with E-state index >= 15 is 0 Å². The van der Waals surface area contributed by atoms with E-state index in [9.17, 15) is 4.79 Å². The minimum Gasteiger partial charge on any atom is -0.498 e. The highest BCUT2D eigenvalue weighted by Gasteiger charge is 2.59. The van der Waals surface area contributed by atoms with E-state index in [1.807, 2.05) is 0 Å². The summed E-state index contributed by atoms with van der Waals surface area (Å²) < 4.78 is 5.89. The van der Waals surface area contributed by atoms with E-state index < -0.39 is 0 Å². The summed E-state index contributed by atoms with van der Waals surface area (Å²) in [5.41, 5.74) is 1.69. The van der Waals surface area contributed by atoms with Crippen LogP contribution in [0.25, 0.3) is 0 Å². The number of nitrogens with one attached hydrogen (secondary N) is 1. The first kappa shape index (κ1) is 15.3. The van der Waals surface area contributed by atoms with Gasteiger partial charge in [0.05, 0.1) is 6.26 Å². The molecule has 4 aliphatic rings. The maximum Gasteiger partial charge on any atom is 0.224 e. The number of ether oxygens (including phenoxy) is 1. The van der Waals surface area contributed by atoms with Crippen molar-refractivity contribution in [2.45, 2.75) is 64.9 Å². The Morgan fingerprint density at radius 1 is 1.26 bits per heavy atom. The summed E-state index contributed by atoms with van der Waals surface area (Å²) in [5, 5.41) is 3.17. The molecule has 126 valence electrons. The molecule has 0 aromatic carbocycles. The van der Waals surface area contributed by atoms with E-state index in [1.54, 1.807) is 6.26 Å². The Morgan fingerprint density at radius 3 is 2.87 bits per heavy atom. The second-order valence-corrected chi connectivity index (χ2v) is 8.61. The van der Waals surface area contributed by atoms with Crippen LogP contribution in [0.5, 0.6) is 0 Å². The fourth-order valence-corrected chi connectivity index (χ4v) is 6.49. The van der Waals surface area contributed by atoms with Gasteiger partial charge in [-0.3, -0.25) is 4.79 Å². The zero-order chi connectivity index (χ0) is 16.2. The van der Waals surface area contributed by atoms with Crippen molar-refractivity contribution in [2.24, 2.45) is 28.6 Å². The number of hydrogen-bond acceptors (Lipinski definition) is 2. The van der Waals surface area contributed by atoms with Crippen molar-refractivity contribution in [3.63, 3.8) is 0 Å². The second kappa shape index (κ2) is 5.12. The van der Waals surface area contributed by atoms with Gasteiger partial charge in [-0.2, -0.15) is 0 Å². The lowest BCUT2D eigenvalue weighted by molar-refractivity contribution is -0.125. The van der Waals surface area contributed by atoms with E-state index in [2.05, 4.69) is 31.8 Å². The molecular formula is C20H29NO2. The lowest BCUT2D eigenvalue weighted by atomic mass is 9.50. The van der Waals surface area contributed by atoms with Crippen LogP contribution >= 0.6 is 0 Å².